The van der Waals surface area contributed by atoms with Gasteiger partial charge in [0.1, 0.15) is 5.76 Å². The van der Waals surface area contributed by atoms with Gasteiger partial charge in [0.25, 0.3) is 11.7 Å². The fraction of sp³-hybridized carbons (Fsp3) is 0.458. The normalized spacial score (nSPS) is 17.8. The fourth-order valence-corrected chi connectivity index (χ4v) is 4.29. The van der Waals surface area contributed by atoms with Gasteiger partial charge < -0.3 is 24.4 Å². The van der Waals surface area contributed by atoms with Crippen molar-refractivity contribution < 1.29 is 24.2 Å². The molecule has 178 valence electrons. The Morgan fingerprint density at radius 3 is 2.36 bits per heavy atom. The number of carbonyl (C=O) groups is 2. The van der Waals surface area contributed by atoms with Gasteiger partial charge in [-0.3, -0.25) is 14.3 Å². The number of benzene rings is 1. The molecule has 0 bridgehead atoms. The van der Waals surface area contributed by atoms with Crippen molar-refractivity contribution in [2.75, 3.05) is 41.4 Å². The Kier molecular flexibility index (Phi) is 7.12. The van der Waals surface area contributed by atoms with Crippen molar-refractivity contribution in [3.63, 3.8) is 0 Å². The SMILES string of the molecule is COc1ccc(C2/C(=C(\O)c3c(C)nn(C)c3C)C(=O)C(=O)N2CCCN(C)C)cc1OC. The highest BCUT2D eigenvalue weighted by Crippen LogP contribution is 2.42. The molecule has 1 aromatic carbocycles. The van der Waals surface area contributed by atoms with Gasteiger partial charge in [-0.25, -0.2) is 0 Å². The molecule has 2 aromatic rings. The molecule has 0 spiro atoms. The van der Waals surface area contributed by atoms with Crippen LogP contribution in [0.3, 0.4) is 0 Å². The number of ketones is 1. The van der Waals surface area contributed by atoms with Crippen LogP contribution in [0, 0.1) is 13.8 Å². The molecule has 1 N–H and O–H groups in total. The summed E-state index contributed by atoms with van der Waals surface area (Å²) < 4.78 is 12.4. The predicted molar refractivity (Wildman–Crippen MR) is 124 cm³/mol. The average molecular weight is 457 g/mol. The van der Waals surface area contributed by atoms with Gasteiger partial charge in [-0.2, -0.15) is 5.10 Å². The number of aryl methyl sites for hydroxylation is 2. The lowest BCUT2D eigenvalue weighted by Crippen LogP contribution is -2.32. The molecule has 2 heterocycles. The Labute approximate surface area is 194 Å². The van der Waals surface area contributed by atoms with Crippen molar-refractivity contribution in [3.05, 3.63) is 46.3 Å². The summed E-state index contributed by atoms with van der Waals surface area (Å²) in [5.41, 5.74) is 2.45. The smallest absolute Gasteiger partial charge is 0.295 e. The topological polar surface area (TPSA) is 97.1 Å². The van der Waals surface area contributed by atoms with E-state index in [1.165, 1.54) is 12.0 Å². The molecule has 1 aromatic heterocycles. The van der Waals surface area contributed by atoms with Gasteiger partial charge in [-0.15, -0.1) is 0 Å². The number of amides is 1. The third-order valence-electron chi connectivity index (χ3n) is 6.01. The molecule has 3 rings (SSSR count). The Hall–Kier alpha value is -3.33. The van der Waals surface area contributed by atoms with E-state index in [9.17, 15) is 14.7 Å². The zero-order chi connectivity index (χ0) is 24.4. The van der Waals surface area contributed by atoms with E-state index in [-0.39, 0.29) is 11.3 Å². The number of hydrogen-bond donors (Lipinski definition) is 1. The maximum Gasteiger partial charge on any atom is 0.295 e. The minimum Gasteiger partial charge on any atom is -0.507 e. The number of aliphatic hydroxyl groups is 1. The molecule has 0 saturated carbocycles. The van der Waals surface area contributed by atoms with E-state index in [0.29, 0.717) is 47.0 Å². The summed E-state index contributed by atoms with van der Waals surface area (Å²) in [6.45, 7) is 4.69. The van der Waals surface area contributed by atoms with Gasteiger partial charge >= 0.3 is 0 Å². The zero-order valence-electron chi connectivity index (χ0n) is 20.3. The minimum atomic E-state index is -0.758. The van der Waals surface area contributed by atoms with Gasteiger partial charge in [-0.1, -0.05) is 6.07 Å². The van der Waals surface area contributed by atoms with Crippen molar-refractivity contribution in [1.29, 1.82) is 0 Å². The highest BCUT2D eigenvalue weighted by molar-refractivity contribution is 6.46. The highest BCUT2D eigenvalue weighted by Gasteiger charge is 2.46. The quantitative estimate of drug-likeness (QED) is 0.370. The summed E-state index contributed by atoms with van der Waals surface area (Å²) in [6.07, 6.45) is 0.675. The standard InChI is InChI=1S/C24H32N4O5/c1-14-19(15(2)27(5)25-14)22(29)20-21(16-9-10-17(32-6)18(13-16)33-7)28(24(31)23(20)30)12-8-11-26(3)4/h9-10,13,21,29H,8,11-12H2,1-7H3/b22-20+. The van der Waals surface area contributed by atoms with Gasteiger partial charge in [0.05, 0.1) is 37.1 Å². The Bertz CT molecular complexity index is 1100. The second-order valence-corrected chi connectivity index (χ2v) is 8.43. The number of hydrogen-bond acceptors (Lipinski definition) is 7. The average Bonchev–Trinajstić information content (AvgIpc) is 3.18. The second-order valence-electron chi connectivity index (χ2n) is 8.43. The van der Waals surface area contributed by atoms with E-state index >= 15 is 0 Å². The molecule has 9 nitrogen and oxygen atoms in total. The van der Waals surface area contributed by atoms with E-state index in [4.69, 9.17) is 9.47 Å². The monoisotopic (exact) mass is 456 g/mol. The van der Waals surface area contributed by atoms with E-state index < -0.39 is 17.7 Å². The molecule has 1 fully saturated rings. The molecule has 0 radical (unpaired) electrons. The van der Waals surface area contributed by atoms with Crippen molar-refractivity contribution in [2.24, 2.45) is 7.05 Å². The lowest BCUT2D eigenvalue weighted by atomic mass is 9.94. The van der Waals surface area contributed by atoms with E-state index in [2.05, 4.69) is 5.10 Å². The van der Waals surface area contributed by atoms with Crippen LogP contribution in [0.5, 0.6) is 11.5 Å². The number of rotatable bonds is 8. The number of likely N-dealkylation sites (tertiary alicyclic amines) is 1. The van der Waals surface area contributed by atoms with Crippen molar-refractivity contribution >= 4 is 17.4 Å². The molecule has 1 unspecified atom stereocenters. The van der Waals surface area contributed by atoms with Crippen molar-refractivity contribution in [1.82, 2.24) is 19.6 Å². The number of methoxy groups -OCH3 is 2. The molecule has 1 aliphatic heterocycles. The van der Waals surface area contributed by atoms with Gasteiger partial charge in [-0.05, 0) is 58.6 Å². The molecule has 1 aliphatic rings. The lowest BCUT2D eigenvalue weighted by molar-refractivity contribution is -0.139. The van der Waals surface area contributed by atoms with Crippen LogP contribution in [0.25, 0.3) is 5.76 Å². The number of nitrogens with zero attached hydrogens (tertiary/aromatic N) is 4. The zero-order valence-corrected chi connectivity index (χ0v) is 20.3. The molecule has 1 saturated heterocycles. The van der Waals surface area contributed by atoms with Crippen LogP contribution in [0.4, 0.5) is 0 Å². The van der Waals surface area contributed by atoms with E-state index in [1.807, 2.05) is 25.9 Å². The third kappa shape index (κ3) is 4.45. The fourth-order valence-electron chi connectivity index (χ4n) is 4.29. The summed E-state index contributed by atoms with van der Waals surface area (Å²) in [7, 11) is 8.74. The Balaban J connectivity index is 2.20. The van der Waals surface area contributed by atoms with Crippen LogP contribution < -0.4 is 9.47 Å². The van der Waals surface area contributed by atoms with Crippen LogP contribution in [0.15, 0.2) is 23.8 Å². The minimum absolute atomic E-state index is 0.0521. The molecule has 9 heteroatoms. The lowest BCUT2D eigenvalue weighted by Gasteiger charge is -2.26. The summed E-state index contributed by atoms with van der Waals surface area (Å²) >= 11 is 0. The van der Waals surface area contributed by atoms with E-state index in [1.54, 1.807) is 44.0 Å². The van der Waals surface area contributed by atoms with Crippen LogP contribution in [0.1, 0.15) is 35.0 Å². The summed E-state index contributed by atoms with van der Waals surface area (Å²) in [4.78, 5) is 29.9. The summed E-state index contributed by atoms with van der Waals surface area (Å²) in [6, 6.07) is 4.50. The number of aromatic nitrogens is 2. The predicted octanol–water partition coefficient (Wildman–Crippen LogP) is 2.43. The number of aliphatic hydroxyl groups excluding tert-OH is 1. The molecular weight excluding hydrogens is 424 g/mol. The number of carbonyl (C=O) groups excluding carboxylic acids is 2. The molecule has 0 aliphatic carbocycles. The largest absolute Gasteiger partial charge is 0.507 e. The van der Waals surface area contributed by atoms with Crippen molar-refractivity contribution in [3.8, 4) is 11.5 Å². The Morgan fingerprint density at radius 2 is 1.82 bits per heavy atom. The molecule has 1 amide bonds. The number of Topliss-reactive ketones (excluding diaryl/α,β-unsaturated/α-hetero) is 1. The first-order valence-electron chi connectivity index (χ1n) is 10.8. The first kappa shape index (κ1) is 24.3. The summed E-state index contributed by atoms with van der Waals surface area (Å²) in [5, 5.41) is 15.7. The molecular formula is C24H32N4O5. The third-order valence-corrected chi connectivity index (χ3v) is 6.01. The summed E-state index contributed by atoms with van der Waals surface area (Å²) in [5.74, 6) is -0.548. The highest BCUT2D eigenvalue weighted by atomic mass is 16.5. The van der Waals surface area contributed by atoms with Crippen LogP contribution in [-0.4, -0.2) is 77.8 Å². The van der Waals surface area contributed by atoms with Gasteiger partial charge in [0.15, 0.2) is 11.5 Å². The molecule has 1 atom stereocenters. The van der Waals surface area contributed by atoms with E-state index in [0.717, 1.165) is 6.54 Å². The van der Waals surface area contributed by atoms with Gasteiger partial charge in [0.2, 0.25) is 0 Å². The maximum atomic E-state index is 13.2. The first-order valence-corrected chi connectivity index (χ1v) is 10.8. The van der Waals surface area contributed by atoms with Crippen LogP contribution in [-0.2, 0) is 16.6 Å². The van der Waals surface area contributed by atoms with Crippen LogP contribution >= 0.6 is 0 Å². The van der Waals surface area contributed by atoms with Crippen molar-refractivity contribution in [2.45, 2.75) is 26.3 Å². The maximum absolute atomic E-state index is 13.2. The second kappa shape index (κ2) is 9.66. The molecule has 33 heavy (non-hydrogen) atoms. The van der Waals surface area contributed by atoms with Crippen LogP contribution in [0.2, 0.25) is 0 Å². The Morgan fingerprint density at radius 1 is 1.15 bits per heavy atom. The van der Waals surface area contributed by atoms with Gasteiger partial charge in [0, 0.05) is 19.3 Å². The number of ether oxygens (including phenoxy) is 2. The first-order chi connectivity index (χ1) is 15.6.